The molecular weight excluding hydrogens is 277 g/mol. The highest BCUT2D eigenvalue weighted by Gasteiger charge is 2.35. The van der Waals surface area contributed by atoms with E-state index in [1.165, 1.54) is 12.1 Å². The van der Waals surface area contributed by atoms with Crippen LogP contribution in [0.25, 0.3) is 0 Å². The Labute approximate surface area is 113 Å². The number of hydrogen-bond acceptors (Lipinski definition) is 2. The highest BCUT2D eigenvalue weighted by Crippen LogP contribution is 2.38. The van der Waals surface area contributed by atoms with Crippen LogP contribution >= 0.6 is 11.8 Å². The third-order valence-electron chi connectivity index (χ3n) is 3.28. The van der Waals surface area contributed by atoms with Crippen molar-refractivity contribution in [2.24, 2.45) is 5.92 Å². The van der Waals surface area contributed by atoms with Gasteiger partial charge < -0.3 is 5.11 Å². The largest absolute Gasteiger partial charge is 0.481 e. The van der Waals surface area contributed by atoms with Crippen LogP contribution in [0.5, 0.6) is 0 Å². The van der Waals surface area contributed by atoms with Gasteiger partial charge in [0.15, 0.2) is 0 Å². The van der Waals surface area contributed by atoms with Gasteiger partial charge in [-0.1, -0.05) is 18.2 Å². The van der Waals surface area contributed by atoms with E-state index in [2.05, 4.69) is 0 Å². The van der Waals surface area contributed by atoms with Gasteiger partial charge in [-0.2, -0.15) is 24.9 Å². The topological polar surface area (TPSA) is 37.3 Å². The van der Waals surface area contributed by atoms with E-state index in [0.717, 1.165) is 24.3 Å². The normalized spacial score (nSPS) is 21.3. The van der Waals surface area contributed by atoms with Crippen LogP contribution in [-0.2, 0) is 11.0 Å². The van der Waals surface area contributed by atoms with Crippen molar-refractivity contribution in [3.63, 3.8) is 0 Å². The first-order valence-electron chi connectivity index (χ1n) is 5.87. The molecule has 2 unspecified atom stereocenters. The lowest BCUT2D eigenvalue weighted by Crippen LogP contribution is -2.22. The number of halogens is 3. The Hall–Kier alpha value is -1.17. The second kappa shape index (κ2) is 5.45. The minimum Gasteiger partial charge on any atom is -0.481 e. The summed E-state index contributed by atoms with van der Waals surface area (Å²) in [4.78, 5) is 11.4. The lowest BCUT2D eigenvalue weighted by atomic mass is 9.85. The number of rotatable bonds is 3. The summed E-state index contributed by atoms with van der Waals surface area (Å²) in [5.41, 5.74) is -0.545. The minimum absolute atomic E-state index is 0.0917. The summed E-state index contributed by atoms with van der Waals surface area (Å²) < 4.78 is 38.0. The van der Waals surface area contributed by atoms with Crippen molar-refractivity contribution in [3.8, 4) is 0 Å². The maximum atomic E-state index is 12.7. The first-order chi connectivity index (χ1) is 8.89. The molecule has 0 aliphatic carbocycles. The minimum atomic E-state index is -4.44. The van der Waals surface area contributed by atoms with Crippen molar-refractivity contribution in [1.29, 1.82) is 0 Å². The van der Waals surface area contributed by atoms with Crippen LogP contribution in [-0.4, -0.2) is 22.6 Å². The summed E-state index contributed by atoms with van der Waals surface area (Å²) in [5.74, 6) is -0.434. The zero-order valence-corrected chi connectivity index (χ0v) is 10.8. The molecule has 1 aromatic carbocycles. The van der Waals surface area contributed by atoms with E-state index in [9.17, 15) is 23.1 Å². The van der Waals surface area contributed by atoms with Gasteiger partial charge >= 0.3 is 12.1 Å². The van der Waals surface area contributed by atoms with Gasteiger partial charge in [-0.3, -0.25) is 4.79 Å². The van der Waals surface area contributed by atoms with Gasteiger partial charge in [-0.15, -0.1) is 0 Å². The fraction of sp³-hybridized carbons (Fsp3) is 0.462. The summed E-state index contributed by atoms with van der Waals surface area (Å²) in [5, 5.41) is 9.29. The number of aliphatic carboxylic acids is 1. The van der Waals surface area contributed by atoms with Gasteiger partial charge in [0, 0.05) is 0 Å². The average molecular weight is 290 g/mol. The molecule has 1 fully saturated rings. The second-order valence-electron chi connectivity index (χ2n) is 4.56. The molecule has 0 bridgehead atoms. The molecule has 0 aromatic heterocycles. The van der Waals surface area contributed by atoms with Crippen LogP contribution in [0.2, 0.25) is 0 Å². The fourth-order valence-corrected chi connectivity index (χ4v) is 3.64. The molecule has 2 nitrogen and oxygen atoms in total. The summed E-state index contributed by atoms with van der Waals surface area (Å²) in [7, 11) is 0. The van der Waals surface area contributed by atoms with Crippen LogP contribution in [0.4, 0.5) is 13.2 Å². The molecular formula is C13H13F3O2S. The lowest BCUT2D eigenvalue weighted by Gasteiger charge is -2.20. The molecule has 1 heterocycles. The zero-order valence-electron chi connectivity index (χ0n) is 9.98. The fourth-order valence-electron chi connectivity index (χ4n) is 2.34. The number of carboxylic acids is 1. The molecule has 2 atom stereocenters. The SMILES string of the molecule is O=C(O)C(c1cccc(C(F)(F)F)c1)C1CCSC1. The van der Waals surface area contributed by atoms with E-state index in [4.69, 9.17) is 0 Å². The van der Waals surface area contributed by atoms with Crippen LogP contribution in [0.1, 0.15) is 23.5 Å². The highest BCUT2D eigenvalue weighted by atomic mass is 32.2. The van der Waals surface area contributed by atoms with Crippen LogP contribution in [0, 0.1) is 5.92 Å². The third-order valence-corrected chi connectivity index (χ3v) is 4.46. The molecule has 2 rings (SSSR count). The monoisotopic (exact) mass is 290 g/mol. The van der Waals surface area contributed by atoms with Gasteiger partial charge in [-0.25, -0.2) is 0 Å². The Morgan fingerprint density at radius 3 is 2.68 bits per heavy atom. The molecule has 1 N–H and O–H groups in total. The van der Waals surface area contributed by atoms with E-state index < -0.39 is 23.6 Å². The van der Waals surface area contributed by atoms with Crippen LogP contribution in [0.15, 0.2) is 24.3 Å². The first-order valence-corrected chi connectivity index (χ1v) is 7.03. The smallest absolute Gasteiger partial charge is 0.416 e. The van der Waals surface area contributed by atoms with Gasteiger partial charge in [0.05, 0.1) is 11.5 Å². The third kappa shape index (κ3) is 3.23. The van der Waals surface area contributed by atoms with Crippen molar-refractivity contribution < 1.29 is 23.1 Å². The average Bonchev–Trinajstić information content (AvgIpc) is 2.81. The number of benzene rings is 1. The van der Waals surface area contributed by atoms with Gasteiger partial charge in [0.2, 0.25) is 0 Å². The number of alkyl halides is 3. The van der Waals surface area contributed by atoms with Crippen LogP contribution < -0.4 is 0 Å². The van der Waals surface area contributed by atoms with E-state index in [1.54, 1.807) is 11.8 Å². The molecule has 19 heavy (non-hydrogen) atoms. The van der Waals surface area contributed by atoms with Gasteiger partial charge in [0.25, 0.3) is 0 Å². The molecule has 1 aromatic rings. The lowest BCUT2D eigenvalue weighted by molar-refractivity contribution is -0.141. The van der Waals surface area contributed by atoms with Crippen molar-refractivity contribution in [1.82, 2.24) is 0 Å². The van der Waals surface area contributed by atoms with Crippen molar-refractivity contribution in [2.75, 3.05) is 11.5 Å². The maximum Gasteiger partial charge on any atom is 0.416 e. The quantitative estimate of drug-likeness (QED) is 0.923. The highest BCUT2D eigenvalue weighted by molar-refractivity contribution is 7.99. The Balaban J connectivity index is 2.34. The molecule has 1 saturated heterocycles. The summed E-state index contributed by atoms with van der Waals surface area (Å²) in [6, 6.07) is 4.67. The predicted octanol–water partition coefficient (Wildman–Crippen LogP) is 3.63. The Bertz CT molecular complexity index is 467. The van der Waals surface area contributed by atoms with E-state index in [1.807, 2.05) is 0 Å². The zero-order chi connectivity index (χ0) is 14.0. The second-order valence-corrected chi connectivity index (χ2v) is 5.71. The molecule has 104 valence electrons. The summed E-state index contributed by atoms with van der Waals surface area (Å²) >= 11 is 1.65. The molecule has 1 aliphatic heterocycles. The Kier molecular flexibility index (Phi) is 4.08. The van der Waals surface area contributed by atoms with E-state index in [-0.39, 0.29) is 11.5 Å². The summed E-state index contributed by atoms with van der Waals surface area (Å²) in [6.45, 7) is 0. The predicted molar refractivity (Wildman–Crippen MR) is 67.3 cm³/mol. The Morgan fingerprint density at radius 1 is 1.42 bits per heavy atom. The van der Waals surface area contributed by atoms with Crippen molar-refractivity contribution in [2.45, 2.75) is 18.5 Å². The van der Waals surface area contributed by atoms with Crippen molar-refractivity contribution in [3.05, 3.63) is 35.4 Å². The molecule has 0 amide bonds. The Morgan fingerprint density at radius 2 is 2.16 bits per heavy atom. The molecule has 0 spiro atoms. The molecule has 6 heteroatoms. The maximum absolute atomic E-state index is 12.7. The number of hydrogen-bond donors (Lipinski definition) is 1. The molecule has 0 saturated carbocycles. The standard InChI is InChI=1S/C13H13F3O2S/c14-13(15,16)10-3-1-2-8(6-10)11(12(17)18)9-4-5-19-7-9/h1-3,6,9,11H,4-5,7H2,(H,17,18). The number of thioether (sulfide) groups is 1. The number of carboxylic acid groups (broad SMARTS) is 1. The first kappa shape index (κ1) is 14.2. The molecule has 1 aliphatic rings. The summed E-state index contributed by atoms with van der Waals surface area (Å²) in [6.07, 6.45) is -3.71. The van der Waals surface area contributed by atoms with Crippen LogP contribution in [0.3, 0.4) is 0 Å². The number of carbonyl (C=O) groups is 1. The molecule has 0 radical (unpaired) electrons. The van der Waals surface area contributed by atoms with Gasteiger partial charge in [0.1, 0.15) is 0 Å². The van der Waals surface area contributed by atoms with Gasteiger partial charge in [-0.05, 0) is 35.5 Å². The van der Waals surface area contributed by atoms with E-state index in [0.29, 0.717) is 5.75 Å². The van der Waals surface area contributed by atoms with Crippen molar-refractivity contribution >= 4 is 17.7 Å². The van der Waals surface area contributed by atoms with E-state index >= 15 is 0 Å².